The molecular weight excluding hydrogens is 172 g/mol. The van der Waals surface area contributed by atoms with Crippen LogP contribution < -0.4 is 0 Å². The van der Waals surface area contributed by atoms with Gasteiger partial charge in [0.1, 0.15) is 6.10 Å². The molecule has 1 aromatic heterocycles. The van der Waals surface area contributed by atoms with Crippen molar-refractivity contribution in [3.05, 3.63) is 18.0 Å². The molecule has 0 aliphatic carbocycles. The summed E-state index contributed by atoms with van der Waals surface area (Å²) in [5, 5.41) is 13.4. The van der Waals surface area contributed by atoms with Gasteiger partial charge in [0.15, 0.2) is 0 Å². The van der Waals surface area contributed by atoms with Crippen molar-refractivity contribution >= 4 is 5.97 Å². The van der Waals surface area contributed by atoms with Crippen molar-refractivity contribution in [1.29, 1.82) is 0 Å². The maximum atomic E-state index is 10.8. The van der Waals surface area contributed by atoms with Crippen LogP contribution in [-0.4, -0.2) is 28.0 Å². The molecule has 0 aliphatic heterocycles. The van der Waals surface area contributed by atoms with E-state index in [4.69, 9.17) is 0 Å². The Balaban J connectivity index is 2.63. The first kappa shape index (κ1) is 9.73. The molecule has 0 unspecified atom stereocenters. The second-order valence-corrected chi connectivity index (χ2v) is 2.68. The van der Waals surface area contributed by atoms with Crippen LogP contribution in [-0.2, 0) is 16.6 Å². The third-order valence-electron chi connectivity index (χ3n) is 1.79. The summed E-state index contributed by atoms with van der Waals surface area (Å²) in [7, 11) is 2.99. The summed E-state index contributed by atoms with van der Waals surface area (Å²) in [6.07, 6.45) is 0.672. The molecular formula is C8H12N2O3. The number of aliphatic hydroxyl groups excluding tert-OH is 1. The number of methoxy groups -OCH3 is 1. The first-order chi connectivity index (χ1) is 6.15. The molecule has 0 bridgehead atoms. The van der Waals surface area contributed by atoms with E-state index in [-0.39, 0.29) is 6.42 Å². The monoisotopic (exact) mass is 184 g/mol. The summed E-state index contributed by atoms with van der Waals surface area (Å²) in [5.74, 6) is -0.436. The van der Waals surface area contributed by atoms with Gasteiger partial charge in [0.2, 0.25) is 0 Å². The van der Waals surface area contributed by atoms with E-state index in [1.165, 1.54) is 11.8 Å². The van der Waals surface area contributed by atoms with E-state index in [1.54, 1.807) is 19.3 Å². The number of carbonyl (C=O) groups excluding carboxylic acids is 1. The van der Waals surface area contributed by atoms with Gasteiger partial charge < -0.3 is 9.84 Å². The lowest BCUT2D eigenvalue weighted by Crippen LogP contribution is -2.11. The van der Waals surface area contributed by atoms with Crippen molar-refractivity contribution in [3.8, 4) is 0 Å². The average molecular weight is 184 g/mol. The molecule has 1 N–H and O–H groups in total. The number of aliphatic hydroxyl groups is 1. The van der Waals surface area contributed by atoms with Crippen LogP contribution in [0, 0.1) is 0 Å². The fraction of sp³-hybridized carbons (Fsp3) is 0.500. The summed E-state index contributed by atoms with van der Waals surface area (Å²) in [6, 6.07) is 1.66. The van der Waals surface area contributed by atoms with E-state index in [1.807, 2.05) is 0 Å². The maximum Gasteiger partial charge on any atom is 0.308 e. The number of aromatic nitrogens is 2. The Morgan fingerprint density at radius 3 is 3.00 bits per heavy atom. The van der Waals surface area contributed by atoms with E-state index in [0.29, 0.717) is 5.69 Å². The summed E-state index contributed by atoms with van der Waals surface area (Å²) in [4.78, 5) is 10.8. The fourth-order valence-electron chi connectivity index (χ4n) is 1.06. The normalized spacial score (nSPS) is 12.5. The van der Waals surface area contributed by atoms with Crippen LogP contribution in [0.4, 0.5) is 0 Å². The summed E-state index contributed by atoms with van der Waals surface area (Å²) >= 11 is 0. The number of carbonyl (C=O) groups is 1. The Morgan fingerprint density at radius 1 is 1.85 bits per heavy atom. The Morgan fingerprint density at radius 2 is 2.54 bits per heavy atom. The molecule has 1 heterocycles. The number of hydrogen-bond donors (Lipinski definition) is 1. The van der Waals surface area contributed by atoms with Gasteiger partial charge in [0.25, 0.3) is 0 Å². The zero-order chi connectivity index (χ0) is 9.84. The molecule has 0 saturated carbocycles. The van der Waals surface area contributed by atoms with Crippen molar-refractivity contribution in [2.45, 2.75) is 12.5 Å². The molecule has 0 radical (unpaired) electrons. The van der Waals surface area contributed by atoms with E-state index in [9.17, 15) is 9.90 Å². The summed E-state index contributed by atoms with van der Waals surface area (Å²) in [6.45, 7) is 0. The summed E-state index contributed by atoms with van der Waals surface area (Å²) < 4.78 is 5.95. The third kappa shape index (κ3) is 2.29. The van der Waals surface area contributed by atoms with Gasteiger partial charge in [0, 0.05) is 13.2 Å². The van der Waals surface area contributed by atoms with Gasteiger partial charge in [-0.1, -0.05) is 0 Å². The fourth-order valence-corrected chi connectivity index (χ4v) is 1.06. The smallest absolute Gasteiger partial charge is 0.308 e. The van der Waals surface area contributed by atoms with Crippen molar-refractivity contribution in [1.82, 2.24) is 9.78 Å². The first-order valence-electron chi connectivity index (χ1n) is 3.88. The summed E-state index contributed by atoms with van der Waals surface area (Å²) in [5.41, 5.74) is 0.602. The van der Waals surface area contributed by atoms with Crippen LogP contribution in [0.1, 0.15) is 18.2 Å². The SMILES string of the molecule is COC(=O)C[C@@H](O)c1ccnn1C. The molecule has 0 aliphatic rings. The first-order valence-corrected chi connectivity index (χ1v) is 3.88. The standard InChI is InChI=1S/C8H12N2O3/c1-10-6(3-4-9-10)7(11)5-8(12)13-2/h3-4,7,11H,5H2,1-2H3/t7-/m1/s1. The number of esters is 1. The molecule has 13 heavy (non-hydrogen) atoms. The number of nitrogens with zero attached hydrogens (tertiary/aromatic N) is 2. The van der Waals surface area contributed by atoms with Gasteiger partial charge in [0.05, 0.1) is 19.2 Å². The van der Waals surface area contributed by atoms with Crippen molar-refractivity contribution in [2.75, 3.05) is 7.11 Å². The minimum absolute atomic E-state index is 0.0456. The van der Waals surface area contributed by atoms with Crippen LogP contribution in [0.25, 0.3) is 0 Å². The predicted molar refractivity (Wildman–Crippen MR) is 44.8 cm³/mol. The van der Waals surface area contributed by atoms with Crippen LogP contribution in [0.3, 0.4) is 0 Å². The van der Waals surface area contributed by atoms with Gasteiger partial charge in [-0.3, -0.25) is 9.48 Å². The molecule has 1 rings (SSSR count). The highest BCUT2D eigenvalue weighted by Crippen LogP contribution is 2.15. The highest BCUT2D eigenvalue weighted by Gasteiger charge is 2.15. The van der Waals surface area contributed by atoms with Gasteiger partial charge >= 0.3 is 5.97 Å². The highest BCUT2D eigenvalue weighted by molar-refractivity contribution is 5.69. The quantitative estimate of drug-likeness (QED) is 0.672. The number of aryl methyl sites for hydroxylation is 1. The number of rotatable bonds is 3. The number of ether oxygens (including phenoxy) is 1. The van der Waals surface area contributed by atoms with Gasteiger partial charge in [-0.2, -0.15) is 5.10 Å². The van der Waals surface area contributed by atoms with Crippen molar-refractivity contribution in [3.63, 3.8) is 0 Å². The molecule has 1 aromatic rings. The largest absolute Gasteiger partial charge is 0.469 e. The third-order valence-corrected chi connectivity index (χ3v) is 1.79. The van der Waals surface area contributed by atoms with E-state index < -0.39 is 12.1 Å². The predicted octanol–water partition coefficient (Wildman–Crippen LogP) is 0.0166. The van der Waals surface area contributed by atoms with Gasteiger partial charge in [-0.15, -0.1) is 0 Å². The van der Waals surface area contributed by atoms with Gasteiger partial charge in [-0.05, 0) is 6.07 Å². The van der Waals surface area contributed by atoms with Crippen molar-refractivity contribution in [2.24, 2.45) is 7.05 Å². The zero-order valence-electron chi connectivity index (χ0n) is 7.60. The molecule has 5 nitrogen and oxygen atoms in total. The van der Waals surface area contributed by atoms with Crippen LogP contribution in [0.2, 0.25) is 0 Å². The zero-order valence-corrected chi connectivity index (χ0v) is 7.60. The van der Waals surface area contributed by atoms with Crippen LogP contribution in [0.5, 0.6) is 0 Å². The lowest BCUT2D eigenvalue weighted by atomic mass is 10.2. The van der Waals surface area contributed by atoms with E-state index in [0.717, 1.165) is 0 Å². The Hall–Kier alpha value is -1.36. The second-order valence-electron chi connectivity index (χ2n) is 2.68. The molecule has 0 saturated heterocycles. The molecule has 0 spiro atoms. The molecule has 0 fully saturated rings. The number of hydrogen-bond acceptors (Lipinski definition) is 4. The van der Waals surface area contributed by atoms with Crippen molar-refractivity contribution < 1.29 is 14.6 Å². The lowest BCUT2D eigenvalue weighted by molar-refractivity contribution is -0.143. The Labute approximate surface area is 75.9 Å². The Bertz CT molecular complexity index is 295. The highest BCUT2D eigenvalue weighted by atomic mass is 16.5. The van der Waals surface area contributed by atoms with Crippen LogP contribution in [0.15, 0.2) is 12.3 Å². The molecule has 1 atom stereocenters. The minimum atomic E-state index is -0.847. The van der Waals surface area contributed by atoms with E-state index >= 15 is 0 Å². The lowest BCUT2D eigenvalue weighted by Gasteiger charge is -2.08. The minimum Gasteiger partial charge on any atom is -0.469 e. The molecule has 72 valence electrons. The average Bonchev–Trinajstić information content (AvgIpc) is 2.51. The van der Waals surface area contributed by atoms with Gasteiger partial charge in [-0.25, -0.2) is 0 Å². The molecule has 5 heteroatoms. The molecule has 0 aromatic carbocycles. The maximum absolute atomic E-state index is 10.8. The molecule has 0 amide bonds. The van der Waals surface area contributed by atoms with E-state index in [2.05, 4.69) is 9.84 Å². The Kier molecular flexibility index (Phi) is 3.02. The van der Waals surface area contributed by atoms with Crippen LogP contribution >= 0.6 is 0 Å². The topological polar surface area (TPSA) is 64.3 Å². The second kappa shape index (κ2) is 4.04.